The maximum absolute atomic E-state index is 14.0. The third-order valence-corrected chi connectivity index (χ3v) is 11.0. The summed E-state index contributed by atoms with van der Waals surface area (Å²) in [6, 6.07) is 7.33. The van der Waals surface area contributed by atoms with Crippen LogP contribution in [0.4, 0.5) is 42.1 Å². The van der Waals surface area contributed by atoms with Crippen LogP contribution in [0.2, 0.25) is 0 Å². The molecule has 3 aromatic rings. The molecule has 3 atom stereocenters. The maximum atomic E-state index is 14.0. The zero-order valence-corrected chi connectivity index (χ0v) is 26.6. The molecule has 1 amide bonds. The van der Waals surface area contributed by atoms with Crippen molar-refractivity contribution in [1.29, 1.82) is 0 Å². The molecule has 0 saturated heterocycles. The van der Waals surface area contributed by atoms with Gasteiger partial charge in [-0.3, -0.25) is 18.9 Å². The number of amides is 1. The first-order valence-corrected chi connectivity index (χ1v) is 16.9. The van der Waals surface area contributed by atoms with Crippen molar-refractivity contribution in [3.8, 4) is 0 Å². The number of aliphatic hydroxyl groups is 1. The van der Waals surface area contributed by atoms with E-state index in [0.717, 1.165) is 47.5 Å². The Bertz CT molecular complexity index is 1770. The van der Waals surface area contributed by atoms with Crippen molar-refractivity contribution in [3.63, 3.8) is 0 Å². The number of halogens is 7. The largest absolute Gasteiger partial charge is 0.430 e. The number of nitrogens with zero attached hydrogens (tertiary/aromatic N) is 2. The lowest BCUT2D eigenvalue weighted by Crippen LogP contribution is -2.54. The maximum Gasteiger partial charge on any atom is 0.430 e. The minimum Gasteiger partial charge on any atom is -0.369 e. The second-order valence-electron chi connectivity index (χ2n) is 12.3. The number of anilines is 2. The van der Waals surface area contributed by atoms with Crippen LogP contribution >= 0.6 is 0 Å². The van der Waals surface area contributed by atoms with Gasteiger partial charge in [-0.15, -0.1) is 0 Å². The van der Waals surface area contributed by atoms with E-state index in [1.165, 1.54) is 12.4 Å². The van der Waals surface area contributed by atoms with Gasteiger partial charge in [-0.05, 0) is 79.6 Å². The van der Waals surface area contributed by atoms with Crippen molar-refractivity contribution in [1.82, 2.24) is 4.98 Å². The van der Waals surface area contributed by atoms with E-state index in [4.69, 9.17) is 0 Å². The second-order valence-corrected chi connectivity index (χ2v) is 14.1. The van der Waals surface area contributed by atoms with Crippen molar-refractivity contribution < 1.29 is 53.8 Å². The van der Waals surface area contributed by atoms with Crippen LogP contribution in [0.3, 0.4) is 0 Å². The third kappa shape index (κ3) is 7.30. The fourth-order valence-electron chi connectivity index (χ4n) is 6.69. The topological polar surface area (TPSA) is 117 Å². The molecular formula is C33H32F7N3O5S. The molecule has 1 aliphatic heterocycles. The fourth-order valence-corrected chi connectivity index (χ4v) is 8.40. The first-order chi connectivity index (χ1) is 22.9. The van der Waals surface area contributed by atoms with Gasteiger partial charge in [0.1, 0.15) is 11.6 Å². The molecule has 1 saturated carbocycles. The minimum atomic E-state index is -6.16. The van der Waals surface area contributed by atoms with E-state index in [9.17, 15) is 53.8 Å². The van der Waals surface area contributed by atoms with Crippen LogP contribution in [0.25, 0.3) is 0 Å². The molecule has 1 aromatic heterocycles. The number of aryl methyl sites for hydroxylation is 1. The van der Waals surface area contributed by atoms with E-state index in [1.807, 2.05) is 0 Å². The Morgan fingerprint density at radius 1 is 0.878 bits per heavy atom. The number of nitrogens with one attached hydrogen (secondary N) is 1. The Morgan fingerprint density at radius 2 is 1.51 bits per heavy atom. The molecule has 2 aliphatic rings. The summed E-state index contributed by atoms with van der Waals surface area (Å²) in [6.45, 7) is 0. The summed E-state index contributed by atoms with van der Waals surface area (Å²) in [4.78, 5) is 30.2. The average molecular weight is 716 g/mol. The monoisotopic (exact) mass is 715 g/mol. The average Bonchev–Trinajstić information content (AvgIpc) is 3.03. The Kier molecular flexibility index (Phi) is 10.1. The predicted octanol–water partition coefficient (Wildman–Crippen LogP) is 6.84. The van der Waals surface area contributed by atoms with Crippen molar-refractivity contribution in [2.24, 2.45) is 11.8 Å². The number of rotatable bonds is 9. The highest BCUT2D eigenvalue weighted by Gasteiger charge is 2.71. The Balaban J connectivity index is 1.45. The Hall–Kier alpha value is -4.05. The van der Waals surface area contributed by atoms with Gasteiger partial charge in [0.05, 0.1) is 16.6 Å². The SMILES string of the molecule is O=C(C[C@H]1CCCC[C@H]1C(=O)Nc1ccncc1)C[C@@H]1CCc2cc(C(O)(C(F)(F)F)C(F)(F)F)ccc2N1S(=O)(=O)c1ccc(F)cc1. The van der Waals surface area contributed by atoms with Gasteiger partial charge in [0.25, 0.3) is 15.6 Å². The van der Waals surface area contributed by atoms with Gasteiger partial charge in [0.15, 0.2) is 0 Å². The molecule has 49 heavy (non-hydrogen) atoms. The van der Waals surface area contributed by atoms with Crippen LogP contribution in [-0.4, -0.2) is 48.6 Å². The van der Waals surface area contributed by atoms with Gasteiger partial charge in [-0.1, -0.05) is 25.0 Å². The highest BCUT2D eigenvalue weighted by molar-refractivity contribution is 7.92. The Morgan fingerprint density at radius 3 is 2.14 bits per heavy atom. The normalized spacial score (nSPS) is 20.4. The number of hydrogen-bond donors (Lipinski definition) is 2. The quantitative estimate of drug-likeness (QED) is 0.235. The molecule has 0 bridgehead atoms. The zero-order valence-electron chi connectivity index (χ0n) is 25.8. The summed E-state index contributed by atoms with van der Waals surface area (Å²) in [6.07, 6.45) is -7.49. The summed E-state index contributed by atoms with van der Waals surface area (Å²) in [7, 11) is -4.65. The molecule has 2 aromatic carbocycles. The molecule has 1 fully saturated rings. The predicted molar refractivity (Wildman–Crippen MR) is 163 cm³/mol. The third-order valence-electron chi connectivity index (χ3n) is 9.15. The van der Waals surface area contributed by atoms with E-state index in [1.54, 1.807) is 12.1 Å². The van der Waals surface area contributed by atoms with Crippen molar-refractivity contribution >= 4 is 33.1 Å². The number of fused-ring (bicyclic) bond motifs is 1. The molecular weight excluding hydrogens is 683 g/mol. The summed E-state index contributed by atoms with van der Waals surface area (Å²) < 4.78 is 124. The van der Waals surface area contributed by atoms with Gasteiger partial charge in [0.2, 0.25) is 5.91 Å². The summed E-state index contributed by atoms with van der Waals surface area (Å²) in [5, 5.41) is 12.8. The summed E-state index contributed by atoms with van der Waals surface area (Å²) >= 11 is 0. The fraction of sp³-hybridized carbons (Fsp3) is 0.424. The number of benzene rings is 2. The van der Waals surface area contributed by atoms with E-state index < -0.39 is 56.2 Å². The number of carbonyl (C=O) groups excluding carboxylic acids is 2. The summed E-state index contributed by atoms with van der Waals surface area (Å²) in [5.74, 6) is -2.28. The van der Waals surface area contributed by atoms with Gasteiger partial charge in [-0.2, -0.15) is 26.3 Å². The van der Waals surface area contributed by atoms with Crippen molar-refractivity contribution in [2.45, 2.75) is 80.3 Å². The second kappa shape index (κ2) is 13.7. The first kappa shape index (κ1) is 36.2. The summed E-state index contributed by atoms with van der Waals surface area (Å²) in [5.41, 5.74) is -6.77. The van der Waals surface area contributed by atoms with E-state index in [2.05, 4.69) is 10.3 Å². The van der Waals surface area contributed by atoms with Crippen molar-refractivity contribution in [3.05, 3.63) is 83.9 Å². The standard InChI is InChI=1S/C33H32F7N3O5S/c34-23-7-10-27(11-8-23)49(47,48)43-25(9-5-21-17-22(6-12-29(21)43)31(46,32(35,36)37)33(38,39)40)19-26(44)18-20-3-1-2-4-28(20)30(45)42-24-13-15-41-16-14-24/h6-8,10-17,20,25,28,46H,1-5,9,18-19H2,(H,41,42,45)/t20-,25+,28-/m1/s1. The highest BCUT2D eigenvalue weighted by Crippen LogP contribution is 2.51. The van der Waals surface area contributed by atoms with E-state index in [-0.39, 0.29) is 54.5 Å². The molecule has 8 nitrogen and oxygen atoms in total. The van der Waals surface area contributed by atoms with Gasteiger partial charge in [-0.25, -0.2) is 12.8 Å². The zero-order chi connectivity index (χ0) is 35.8. The number of alkyl halides is 6. The molecule has 2 N–H and O–H groups in total. The van der Waals surface area contributed by atoms with E-state index in [0.29, 0.717) is 30.7 Å². The minimum absolute atomic E-state index is 0.0641. The van der Waals surface area contributed by atoms with Crippen LogP contribution in [0.5, 0.6) is 0 Å². The van der Waals surface area contributed by atoms with Gasteiger partial charge >= 0.3 is 12.4 Å². The number of ketones is 1. The van der Waals surface area contributed by atoms with Crippen LogP contribution in [0.1, 0.15) is 56.1 Å². The molecule has 16 heteroatoms. The molecule has 0 unspecified atom stereocenters. The van der Waals surface area contributed by atoms with Crippen LogP contribution < -0.4 is 9.62 Å². The molecule has 2 heterocycles. The number of hydrogen-bond acceptors (Lipinski definition) is 6. The molecule has 0 spiro atoms. The number of sulfonamides is 1. The molecule has 264 valence electrons. The highest BCUT2D eigenvalue weighted by atomic mass is 32.2. The molecule has 5 rings (SSSR count). The van der Waals surface area contributed by atoms with Gasteiger partial charge < -0.3 is 10.4 Å². The smallest absolute Gasteiger partial charge is 0.369 e. The lowest BCUT2D eigenvalue weighted by Gasteiger charge is -2.39. The van der Waals surface area contributed by atoms with E-state index >= 15 is 0 Å². The van der Waals surface area contributed by atoms with Crippen LogP contribution in [0.15, 0.2) is 71.9 Å². The number of carbonyl (C=O) groups is 2. The Labute approximate surface area is 277 Å². The molecule has 0 radical (unpaired) electrons. The first-order valence-electron chi connectivity index (χ1n) is 15.5. The lowest BCUT2D eigenvalue weighted by molar-refractivity contribution is -0.376. The van der Waals surface area contributed by atoms with Crippen LogP contribution in [-0.2, 0) is 31.6 Å². The number of pyridine rings is 1. The number of Topliss-reactive ketones (excluding diaryl/α,β-unsaturated/α-hetero) is 1. The van der Waals surface area contributed by atoms with Crippen LogP contribution in [0, 0.1) is 17.7 Å². The number of aromatic nitrogens is 1. The van der Waals surface area contributed by atoms with Crippen molar-refractivity contribution in [2.75, 3.05) is 9.62 Å². The van der Waals surface area contributed by atoms with Gasteiger partial charge in [0, 0.05) is 42.4 Å². The lowest BCUT2D eigenvalue weighted by atomic mass is 9.75. The molecule has 1 aliphatic carbocycles.